The van der Waals surface area contributed by atoms with Crippen molar-refractivity contribution in [1.82, 2.24) is 14.5 Å². The van der Waals surface area contributed by atoms with Crippen molar-refractivity contribution < 1.29 is 4.79 Å². The van der Waals surface area contributed by atoms with Crippen molar-refractivity contribution in [2.24, 2.45) is 4.99 Å². The summed E-state index contributed by atoms with van der Waals surface area (Å²) in [5, 5.41) is 2.34. The monoisotopic (exact) mass is 466 g/mol. The third kappa shape index (κ3) is 3.74. The van der Waals surface area contributed by atoms with Crippen LogP contribution in [0.15, 0.2) is 47.5 Å². The molecule has 0 radical (unpaired) electrons. The van der Waals surface area contributed by atoms with Crippen LogP contribution in [0.25, 0.3) is 10.8 Å². The summed E-state index contributed by atoms with van der Waals surface area (Å²) in [6, 6.07) is 14.6. The van der Waals surface area contributed by atoms with Crippen LogP contribution in [-0.4, -0.2) is 52.5 Å². The van der Waals surface area contributed by atoms with Crippen LogP contribution < -0.4 is 9.80 Å². The third-order valence-electron chi connectivity index (χ3n) is 7.17. The van der Waals surface area contributed by atoms with Crippen LogP contribution in [0.5, 0.6) is 0 Å². The summed E-state index contributed by atoms with van der Waals surface area (Å²) >= 11 is 0. The number of aliphatic imine (C=N–C) groups is 1. The molecular weight excluding hydrogens is 436 g/mol. The van der Waals surface area contributed by atoms with Crippen LogP contribution in [0.3, 0.4) is 0 Å². The van der Waals surface area contributed by atoms with Gasteiger partial charge in [-0.05, 0) is 48.9 Å². The Labute approximate surface area is 206 Å². The highest BCUT2D eigenvalue weighted by Crippen LogP contribution is 2.35. The summed E-state index contributed by atoms with van der Waals surface area (Å²) in [6.45, 7) is 6.22. The smallest absolute Gasteiger partial charge is 0.281 e. The van der Waals surface area contributed by atoms with Gasteiger partial charge in [0.15, 0.2) is 11.5 Å². The quantitative estimate of drug-likeness (QED) is 0.539. The Hall–Kier alpha value is -3.79. The van der Waals surface area contributed by atoms with Gasteiger partial charge in [-0.3, -0.25) is 24.2 Å². The van der Waals surface area contributed by atoms with Gasteiger partial charge in [0.2, 0.25) is 11.9 Å². The Bertz CT molecular complexity index is 1370. The number of aromatic nitrogens is 2. The number of hydrogen-bond donors (Lipinski definition) is 0. The van der Waals surface area contributed by atoms with Crippen molar-refractivity contribution in [2.75, 3.05) is 36.0 Å². The van der Waals surface area contributed by atoms with Gasteiger partial charge < -0.3 is 4.90 Å². The SMILES string of the molecule is CC#CCn1c(N2CCCCC2)nc2c1C(=O)N(Cc1cccc3ccccc13)C1=NCCCN12. The number of nitrogens with zero attached hydrogens (tertiary/aromatic N) is 6. The molecule has 0 N–H and O–H groups in total. The maximum atomic E-state index is 14.2. The molecule has 7 nitrogen and oxygen atoms in total. The summed E-state index contributed by atoms with van der Waals surface area (Å²) in [7, 11) is 0. The van der Waals surface area contributed by atoms with E-state index in [2.05, 4.69) is 58.0 Å². The summed E-state index contributed by atoms with van der Waals surface area (Å²) in [5.41, 5.74) is 1.75. The second-order valence-corrected chi connectivity index (χ2v) is 9.36. The van der Waals surface area contributed by atoms with E-state index in [1.165, 1.54) is 11.8 Å². The molecule has 3 aliphatic rings. The normalized spacial score (nSPS) is 17.6. The maximum Gasteiger partial charge on any atom is 0.281 e. The molecule has 1 fully saturated rings. The number of guanidine groups is 1. The van der Waals surface area contributed by atoms with Crippen LogP contribution in [-0.2, 0) is 13.1 Å². The summed E-state index contributed by atoms with van der Waals surface area (Å²) < 4.78 is 2.04. The minimum atomic E-state index is -0.0431. The molecule has 1 aromatic heterocycles. The van der Waals surface area contributed by atoms with Gasteiger partial charge in [0, 0.05) is 26.2 Å². The Kier molecular flexibility index (Phi) is 5.65. The van der Waals surface area contributed by atoms with E-state index in [1.807, 2.05) is 22.5 Å². The molecule has 0 spiro atoms. The molecule has 3 aliphatic heterocycles. The lowest BCUT2D eigenvalue weighted by molar-refractivity contribution is 0.0821. The van der Waals surface area contributed by atoms with Gasteiger partial charge in [-0.25, -0.2) is 0 Å². The molecule has 35 heavy (non-hydrogen) atoms. The molecule has 178 valence electrons. The lowest BCUT2D eigenvalue weighted by atomic mass is 10.0. The number of fused-ring (bicyclic) bond motifs is 4. The van der Waals surface area contributed by atoms with Crippen LogP contribution >= 0.6 is 0 Å². The first kappa shape index (κ1) is 21.7. The van der Waals surface area contributed by atoms with Crippen molar-refractivity contribution in [2.45, 2.75) is 45.7 Å². The van der Waals surface area contributed by atoms with Gasteiger partial charge in [0.1, 0.15) is 0 Å². The second kappa shape index (κ2) is 9.10. The fraction of sp³-hybridized carbons (Fsp3) is 0.393. The van der Waals surface area contributed by atoms with Crippen molar-refractivity contribution in [3.63, 3.8) is 0 Å². The van der Waals surface area contributed by atoms with E-state index >= 15 is 0 Å². The number of rotatable bonds is 4. The first-order valence-electron chi connectivity index (χ1n) is 12.6. The minimum Gasteiger partial charge on any atom is -0.342 e. The zero-order valence-electron chi connectivity index (χ0n) is 20.2. The zero-order chi connectivity index (χ0) is 23.8. The number of imidazole rings is 1. The van der Waals surface area contributed by atoms with Crippen LogP contribution in [0, 0.1) is 11.8 Å². The number of anilines is 2. The summed E-state index contributed by atoms with van der Waals surface area (Å²) in [6.07, 6.45) is 4.48. The molecule has 0 bridgehead atoms. The Morgan fingerprint density at radius 3 is 2.66 bits per heavy atom. The first-order valence-corrected chi connectivity index (χ1v) is 12.6. The highest BCUT2D eigenvalue weighted by molar-refractivity contribution is 6.18. The number of carbonyl (C=O) groups is 1. The predicted molar refractivity (Wildman–Crippen MR) is 140 cm³/mol. The topological polar surface area (TPSA) is 57.0 Å². The Morgan fingerprint density at radius 1 is 0.971 bits per heavy atom. The molecular formula is C28H30N6O. The molecule has 7 heteroatoms. The minimum absolute atomic E-state index is 0.0431. The molecule has 4 heterocycles. The Balaban J connectivity index is 1.47. The molecule has 0 saturated carbocycles. The average Bonchev–Trinajstić information content (AvgIpc) is 3.30. The third-order valence-corrected chi connectivity index (χ3v) is 7.17. The van der Waals surface area contributed by atoms with E-state index in [0.29, 0.717) is 18.8 Å². The first-order chi connectivity index (χ1) is 17.3. The fourth-order valence-corrected chi connectivity index (χ4v) is 5.46. The van der Waals surface area contributed by atoms with Gasteiger partial charge in [-0.1, -0.05) is 48.4 Å². The molecule has 1 amide bonds. The van der Waals surface area contributed by atoms with Crippen LogP contribution in [0.1, 0.15) is 48.7 Å². The average molecular weight is 467 g/mol. The number of hydrogen-bond acceptors (Lipinski definition) is 5. The van der Waals surface area contributed by atoms with Crippen molar-refractivity contribution in [3.8, 4) is 11.8 Å². The van der Waals surface area contributed by atoms with Crippen LogP contribution in [0.4, 0.5) is 11.8 Å². The van der Waals surface area contributed by atoms with Gasteiger partial charge in [-0.2, -0.15) is 4.98 Å². The molecule has 1 saturated heterocycles. The largest absolute Gasteiger partial charge is 0.342 e. The highest BCUT2D eigenvalue weighted by Gasteiger charge is 2.41. The molecule has 6 rings (SSSR count). The number of benzene rings is 2. The lowest BCUT2D eigenvalue weighted by Gasteiger charge is -2.38. The Morgan fingerprint density at radius 2 is 1.80 bits per heavy atom. The van der Waals surface area contributed by atoms with E-state index in [9.17, 15) is 4.79 Å². The van der Waals surface area contributed by atoms with E-state index < -0.39 is 0 Å². The van der Waals surface area contributed by atoms with Crippen LogP contribution in [0.2, 0.25) is 0 Å². The maximum absolute atomic E-state index is 14.2. The standard InChI is InChI=1S/C28H30N6O/c1-2-3-18-32-24-25(30-28(32)31-16-7-4-8-17-31)33-19-10-15-29-27(33)34(26(24)35)20-22-13-9-12-21-11-5-6-14-23(21)22/h5-6,9,11-14H,4,7-8,10,15-20H2,1H3. The lowest BCUT2D eigenvalue weighted by Crippen LogP contribution is -2.54. The van der Waals surface area contributed by atoms with Crippen molar-refractivity contribution in [1.29, 1.82) is 0 Å². The van der Waals surface area contributed by atoms with E-state index in [1.54, 1.807) is 0 Å². The van der Waals surface area contributed by atoms with Gasteiger partial charge in [0.25, 0.3) is 5.91 Å². The molecule has 3 aromatic rings. The van der Waals surface area contributed by atoms with Crippen molar-refractivity contribution >= 4 is 34.4 Å². The molecule has 0 aliphatic carbocycles. The van der Waals surface area contributed by atoms with Crippen molar-refractivity contribution in [3.05, 3.63) is 53.7 Å². The zero-order valence-corrected chi connectivity index (χ0v) is 20.2. The second-order valence-electron chi connectivity index (χ2n) is 9.36. The van der Waals surface area contributed by atoms with Gasteiger partial charge in [-0.15, -0.1) is 5.92 Å². The summed E-state index contributed by atoms with van der Waals surface area (Å²) in [5.74, 6) is 8.47. The molecule has 0 atom stereocenters. The number of piperidine rings is 1. The van der Waals surface area contributed by atoms with Gasteiger partial charge >= 0.3 is 0 Å². The molecule has 0 unspecified atom stereocenters. The van der Waals surface area contributed by atoms with E-state index in [4.69, 9.17) is 9.98 Å². The van der Waals surface area contributed by atoms with E-state index in [-0.39, 0.29) is 5.91 Å². The van der Waals surface area contributed by atoms with Gasteiger partial charge in [0.05, 0.1) is 13.1 Å². The fourth-order valence-electron chi connectivity index (χ4n) is 5.46. The number of amides is 1. The molecule has 2 aromatic carbocycles. The summed E-state index contributed by atoms with van der Waals surface area (Å²) in [4.78, 5) is 30.4. The predicted octanol–water partition coefficient (Wildman–Crippen LogP) is 4.27. The van der Waals surface area contributed by atoms with E-state index in [0.717, 1.165) is 74.1 Å². The highest BCUT2D eigenvalue weighted by atomic mass is 16.2. The number of carbonyl (C=O) groups excluding carboxylic acids is 1.